The average Bonchev–Trinajstić information content (AvgIpc) is 2.62. The van der Waals surface area contributed by atoms with Crippen LogP contribution in [0, 0.1) is 10.1 Å². The van der Waals surface area contributed by atoms with E-state index in [0.29, 0.717) is 6.61 Å². The zero-order valence-corrected chi connectivity index (χ0v) is 14.5. The van der Waals surface area contributed by atoms with Crippen LogP contribution in [0.15, 0.2) is 53.4 Å². The van der Waals surface area contributed by atoms with E-state index >= 15 is 0 Å². The lowest BCUT2D eigenvalue weighted by Crippen LogP contribution is -2.36. The Balaban J connectivity index is 1.62. The molecule has 0 saturated heterocycles. The Kier molecular flexibility index (Phi) is 5.23. The molecule has 1 amide bonds. The van der Waals surface area contributed by atoms with Gasteiger partial charge in [0.05, 0.1) is 22.8 Å². The molecular weight excluding hydrogens is 340 g/mol. The second-order valence-electron chi connectivity index (χ2n) is 5.75. The summed E-state index contributed by atoms with van der Waals surface area (Å²) in [4.78, 5) is 23.6. The zero-order valence-electron chi connectivity index (χ0n) is 13.7. The van der Waals surface area contributed by atoms with Crippen molar-refractivity contribution in [1.29, 1.82) is 0 Å². The number of fused-ring (bicyclic) bond motifs is 1. The van der Waals surface area contributed by atoms with Gasteiger partial charge in [0, 0.05) is 29.0 Å². The molecule has 1 heterocycles. The van der Waals surface area contributed by atoms with Crippen LogP contribution in [0.4, 0.5) is 5.69 Å². The van der Waals surface area contributed by atoms with E-state index in [1.54, 1.807) is 12.1 Å². The van der Waals surface area contributed by atoms with Gasteiger partial charge in [-0.25, -0.2) is 0 Å². The first kappa shape index (κ1) is 17.3. The Bertz CT molecular complexity index is 779. The van der Waals surface area contributed by atoms with Crippen LogP contribution in [0.2, 0.25) is 0 Å². The lowest BCUT2D eigenvalue weighted by Gasteiger charge is -2.27. The van der Waals surface area contributed by atoms with Gasteiger partial charge in [-0.1, -0.05) is 18.2 Å². The van der Waals surface area contributed by atoms with E-state index in [1.807, 2.05) is 31.2 Å². The van der Waals surface area contributed by atoms with Crippen molar-refractivity contribution < 1.29 is 14.5 Å². The molecule has 0 aromatic heterocycles. The summed E-state index contributed by atoms with van der Waals surface area (Å²) < 4.78 is 5.61. The largest absolute Gasteiger partial charge is 0.493 e. The summed E-state index contributed by atoms with van der Waals surface area (Å²) >= 11 is 1.38. The molecule has 7 heteroatoms. The summed E-state index contributed by atoms with van der Waals surface area (Å²) in [7, 11) is 0. The number of nitrogens with zero attached hydrogens (tertiary/aromatic N) is 1. The molecule has 1 aliphatic rings. The molecule has 1 N–H and O–H groups in total. The molecule has 2 atom stereocenters. The number of carbonyl (C=O) groups is 1. The summed E-state index contributed by atoms with van der Waals surface area (Å²) in [5, 5.41) is 13.5. The first-order valence-corrected chi connectivity index (χ1v) is 8.86. The fraction of sp³-hybridized carbons (Fsp3) is 0.278. The zero-order chi connectivity index (χ0) is 17.8. The standard InChI is InChI=1S/C18H18N2O4S/c1-12(25-14-8-6-13(7-9-14)20(22)23)18(21)19-16-10-11-24-17-5-3-2-4-15(16)17/h2-9,12,16H,10-11H2,1H3,(H,19,21)/t12-,16+/m1/s1. The van der Waals surface area contributed by atoms with E-state index < -0.39 is 4.92 Å². The summed E-state index contributed by atoms with van der Waals surface area (Å²) in [5.74, 6) is 0.750. The molecule has 0 unspecified atom stereocenters. The summed E-state index contributed by atoms with van der Waals surface area (Å²) in [6.07, 6.45) is 0.734. The van der Waals surface area contributed by atoms with Crippen LogP contribution in [0.25, 0.3) is 0 Å². The van der Waals surface area contributed by atoms with Gasteiger partial charge in [0.1, 0.15) is 5.75 Å². The van der Waals surface area contributed by atoms with Crippen molar-refractivity contribution >= 4 is 23.4 Å². The van der Waals surface area contributed by atoms with Crippen LogP contribution >= 0.6 is 11.8 Å². The fourth-order valence-electron chi connectivity index (χ4n) is 2.69. The van der Waals surface area contributed by atoms with Gasteiger partial charge >= 0.3 is 0 Å². The molecule has 25 heavy (non-hydrogen) atoms. The quantitative estimate of drug-likeness (QED) is 0.500. The maximum absolute atomic E-state index is 12.5. The van der Waals surface area contributed by atoms with Gasteiger partial charge in [-0.3, -0.25) is 14.9 Å². The molecule has 0 saturated carbocycles. The average molecular weight is 358 g/mol. The Morgan fingerprint density at radius 2 is 2.00 bits per heavy atom. The Morgan fingerprint density at radius 1 is 1.28 bits per heavy atom. The van der Waals surface area contributed by atoms with Gasteiger partial charge in [-0.05, 0) is 25.1 Å². The number of thioether (sulfide) groups is 1. The van der Waals surface area contributed by atoms with Crippen LogP contribution < -0.4 is 10.1 Å². The number of rotatable bonds is 5. The molecule has 0 radical (unpaired) electrons. The highest BCUT2D eigenvalue weighted by atomic mass is 32.2. The monoisotopic (exact) mass is 358 g/mol. The van der Waals surface area contributed by atoms with Crippen molar-refractivity contribution in [1.82, 2.24) is 5.32 Å². The molecule has 2 aromatic rings. The van der Waals surface area contributed by atoms with Crippen LogP contribution in [-0.4, -0.2) is 22.7 Å². The number of hydrogen-bond acceptors (Lipinski definition) is 5. The molecule has 2 aromatic carbocycles. The second-order valence-corrected chi connectivity index (χ2v) is 7.16. The molecule has 0 fully saturated rings. The predicted molar refractivity (Wildman–Crippen MR) is 95.9 cm³/mol. The number of para-hydroxylation sites is 1. The van der Waals surface area contributed by atoms with Crippen LogP contribution in [0.1, 0.15) is 24.9 Å². The van der Waals surface area contributed by atoms with Gasteiger partial charge in [0.25, 0.3) is 5.69 Å². The topological polar surface area (TPSA) is 81.5 Å². The third kappa shape index (κ3) is 4.11. The highest BCUT2D eigenvalue weighted by Crippen LogP contribution is 2.32. The maximum atomic E-state index is 12.5. The number of nitro groups is 1. The fourth-order valence-corrected chi connectivity index (χ4v) is 3.56. The molecule has 6 nitrogen and oxygen atoms in total. The van der Waals surface area contributed by atoms with Gasteiger partial charge in [-0.2, -0.15) is 0 Å². The predicted octanol–water partition coefficient (Wildman–Crippen LogP) is 3.72. The first-order chi connectivity index (χ1) is 12.0. The smallest absolute Gasteiger partial charge is 0.269 e. The van der Waals surface area contributed by atoms with Crippen molar-refractivity contribution in [3.8, 4) is 5.75 Å². The molecule has 0 bridgehead atoms. The number of nitro benzene ring substituents is 1. The van der Waals surface area contributed by atoms with Gasteiger partial charge in [-0.15, -0.1) is 11.8 Å². The van der Waals surface area contributed by atoms with Crippen LogP contribution in [0.3, 0.4) is 0 Å². The third-order valence-corrected chi connectivity index (χ3v) is 5.12. The lowest BCUT2D eigenvalue weighted by atomic mass is 10.0. The molecule has 3 rings (SSSR count). The lowest BCUT2D eigenvalue weighted by molar-refractivity contribution is -0.384. The summed E-state index contributed by atoms with van der Waals surface area (Å²) in [6.45, 7) is 2.40. The van der Waals surface area contributed by atoms with E-state index in [1.165, 1.54) is 23.9 Å². The number of non-ortho nitro benzene ring substituents is 1. The van der Waals surface area contributed by atoms with E-state index in [-0.39, 0.29) is 22.9 Å². The number of carbonyl (C=O) groups excluding carboxylic acids is 1. The SMILES string of the molecule is C[C@@H](Sc1ccc([N+](=O)[O-])cc1)C(=O)N[C@H]1CCOc2ccccc21. The number of hydrogen-bond donors (Lipinski definition) is 1. The maximum Gasteiger partial charge on any atom is 0.269 e. The van der Waals surface area contributed by atoms with Crippen molar-refractivity contribution in [2.45, 2.75) is 29.5 Å². The minimum Gasteiger partial charge on any atom is -0.493 e. The molecule has 0 spiro atoms. The molecule has 1 aliphatic heterocycles. The summed E-state index contributed by atoms with van der Waals surface area (Å²) in [6, 6.07) is 13.9. The second kappa shape index (κ2) is 7.57. The Morgan fingerprint density at radius 3 is 2.72 bits per heavy atom. The van der Waals surface area contributed by atoms with E-state index in [0.717, 1.165) is 22.6 Å². The number of ether oxygens (including phenoxy) is 1. The number of amides is 1. The van der Waals surface area contributed by atoms with Crippen molar-refractivity contribution in [3.63, 3.8) is 0 Å². The van der Waals surface area contributed by atoms with Gasteiger partial charge in [0.15, 0.2) is 0 Å². The van der Waals surface area contributed by atoms with Gasteiger partial charge < -0.3 is 10.1 Å². The van der Waals surface area contributed by atoms with E-state index in [9.17, 15) is 14.9 Å². The Hall–Kier alpha value is -2.54. The molecular formula is C18H18N2O4S. The van der Waals surface area contributed by atoms with E-state index in [4.69, 9.17) is 4.74 Å². The summed E-state index contributed by atoms with van der Waals surface area (Å²) in [5.41, 5.74) is 1.04. The van der Waals surface area contributed by atoms with Crippen LogP contribution in [0.5, 0.6) is 5.75 Å². The third-order valence-electron chi connectivity index (χ3n) is 4.00. The normalized spacial score (nSPS) is 17.1. The van der Waals surface area contributed by atoms with E-state index in [2.05, 4.69) is 5.32 Å². The van der Waals surface area contributed by atoms with Crippen molar-refractivity contribution in [2.24, 2.45) is 0 Å². The highest BCUT2D eigenvalue weighted by Gasteiger charge is 2.25. The molecule has 130 valence electrons. The van der Waals surface area contributed by atoms with Crippen molar-refractivity contribution in [2.75, 3.05) is 6.61 Å². The minimum atomic E-state index is -0.437. The van der Waals surface area contributed by atoms with Crippen molar-refractivity contribution in [3.05, 3.63) is 64.2 Å². The first-order valence-electron chi connectivity index (χ1n) is 7.98. The number of benzene rings is 2. The highest BCUT2D eigenvalue weighted by molar-refractivity contribution is 8.00. The molecule has 0 aliphatic carbocycles. The van der Waals surface area contributed by atoms with Crippen LogP contribution in [-0.2, 0) is 4.79 Å². The minimum absolute atomic E-state index is 0.0419. The number of nitrogens with one attached hydrogen (secondary N) is 1. The van der Waals surface area contributed by atoms with Gasteiger partial charge in [0.2, 0.25) is 5.91 Å². The Labute approximate surface area is 149 Å².